The number of rotatable bonds is 8. The Balaban J connectivity index is 1.91. The summed E-state index contributed by atoms with van der Waals surface area (Å²) in [5, 5.41) is 12.8. The van der Waals surface area contributed by atoms with E-state index >= 15 is 0 Å². The lowest BCUT2D eigenvalue weighted by molar-refractivity contribution is -0.309. The number of nitrogens with zero attached hydrogens (tertiary/aromatic N) is 2. The van der Waals surface area contributed by atoms with E-state index in [4.69, 9.17) is 19.3 Å². The molecule has 1 atom stereocenters. The number of esters is 1. The fourth-order valence-electron chi connectivity index (χ4n) is 2.24. The van der Waals surface area contributed by atoms with E-state index in [-0.39, 0.29) is 11.3 Å². The molecule has 1 aromatic carbocycles. The third-order valence-electron chi connectivity index (χ3n) is 3.86. The Hall–Kier alpha value is -3.44. The molecule has 0 spiro atoms. The number of benzene rings is 1. The Kier molecular flexibility index (Phi) is 6.46. The number of quaternary nitrogens is 1. The van der Waals surface area contributed by atoms with Gasteiger partial charge >= 0.3 is 5.97 Å². The van der Waals surface area contributed by atoms with Crippen molar-refractivity contribution in [2.75, 3.05) is 6.61 Å². The van der Waals surface area contributed by atoms with Gasteiger partial charge in [-0.05, 0) is 44.7 Å². The van der Waals surface area contributed by atoms with Crippen molar-refractivity contribution in [2.45, 2.75) is 20.5 Å². The summed E-state index contributed by atoms with van der Waals surface area (Å²) in [5.41, 5.74) is 5.53. The highest BCUT2D eigenvalue weighted by Gasteiger charge is 2.23. The van der Waals surface area contributed by atoms with Crippen LogP contribution >= 0.6 is 0 Å². The van der Waals surface area contributed by atoms with Gasteiger partial charge in [0, 0.05) is 0 Å². The fourth-order valence-corrected chi connectivity index (χ4v) is 2.24. The van der Waals surface area contributed by atoms with E-state index in [9.17, 15) is 9.59 Å². The van der Waals surface area contributed by atoms with Crippen LogP contribution in [-0.2, 0) is 16.1 Å². The molecule has 8 nitrogen and oxygen atoms in total. The number of Topliss-reactive ketones (excluding diaryl/α,β-unsaturated/α-hetero) is 1. The van der Waals surface area contributed by atoms with Gasteiger partial charge < -0.3 is 19.7 Å². The molecule has 0 aliphatic heterocycles. The molecule has 140 valence electrons. The standard InChI is InChI=1S/C19H19N3O5/c1-11(21)16(8-20)18(23)10-26-19(24)14-4-6-15(7-5-14)25-9-17-12(2)22-27-13(17)3/h4-7,16H,1,9-10,21H2,2-3H3/p+1/t16-/m1/s1. The molecule has 1 aromatic heterocycles. The van der Waals surface area contributed by atoms with Crippen molar-refractivity contribution in [3.05, 3.63) is 59.1 Å². The second-order valence-corrected chi connectivity index (χ2v) is 5.88. The second kappa shape index (κ2) is 8.78. The topological polar surface area (TPSA) is 130 Å². The van der Waals surface area contributed by atoms with Gasteiger partial charge in [0.25, 0.3) is 0 Å². The van der Waals surface area contributed by atoms with Crippen LogP contribution < -0.4 is 10.5 Å². The maximum absolute atomic E-state index is 12.0. The largest absolute Gasteiger partial charge is 0.489 e. The number of ether oxygens (including phenoxy) is 2. The van der Waals surface area contributed by atoms with E-state index in [1.807, 2.05) is 6.92 Å². The average Bonchev–Trinajstić information content (AvgIpc) is 2.96. The highest BCUT2D eigenvalue weighted by Crippen LogP contribution is 2.18. The van der Waals surface area contributed by atoms with Crippen molar-refractivity contribution >= 4 is 11.8 Å². The minimum Gasteiger partial charge on any atom is -0.489 e. The molecule has 0 saturated heterocycles. The molecular formula is C19H20N3O5+. The summed E-state index contributed by atoms with van der Waals surface area (Å²) in [6.45, 7) is 6.88. The van der Waals surface area contributed by atoms with Gasteiger partial charge in [-0.3, -0.25) is 4.79 Å². The molecule has 0 radical (unpaired) electrons. The van der Waals surface area contributed by atoms with Crippen LogP contribution in [0.3, 0.4) is 0 Å². The molecule has 0 aliphatic rings. The monoisotopic (exact) mass is 370 g/mol. The zero-order valence-corrected chi connectivity index (χ0v) is 15.2. The molecule has 2 rings (SSSR count). The molecule has 0 saturated carbocycles. The molecule has 1 heterocycles. The first-order valence-corrected chi connectivity index (χ1v) is 8.08. The summed E-state index contributed by atoms with van der Waals surface area (Å²) < 4.78 is 15.7. The summed E-state index contributed by atoms with van der Waals surface area (Å²) in [4.78, 5) is 23.8. The molecule has 0 aliphatic carbocycles. The summed E-state index contributed by atoms with van der Waals surface area (Å²) in [5.74, 6) is -1.08. The van der Waals surface area contributed by atoms with E-state index in [1.54, 1.807) is 25.1 Å². The van der Waals surface area contributed by atoms with Gasteiger partial charge in [-0.1, -0.05) is 5.16 Å². The summed E-state index contributed by atoms with van der Waals surface area (Å²) >= 11 is 0. The SMILES string of the molecule is C=C([NH3+])[C@@H](C#N)C(=O)COC(=O)c1ccc(OCc2c(C)noc2C)cc1. The molecule has 2 aromatic rings. The first kappa shape index (κ1) is 19.9. The maximum Gasteiger partial charge on any atom is 0.338 e. The highest BCUT2D eigenvalue weighted by molar-refractivity contribution is 5.93. The van der Waals surface area contributed by atoms with Crippen molar-refractivity contribution in [1.29, 1.82) is 5.26 Å². The predicted molar refractivity (Wildman–Crippen MR) is 93.2 cm³/mol. The molecule has 3 N–H and O–H groups in total. The van der Waals surface area contributed by atoms with Crippen LogP contribution in [0.1, 0.15) is 27.4 Å². The number of carbonyl (C=O) groups excluding carboxylic acids is 2. The van der Waals surface area contributed by atoms with E-state index in [0.29, 0.717) is 18.1 Å². The van der Waals surface area contributed by atoms with Crippen LogP contribution in [0.2, 0.25) is 0 Å². The van der Waals surface area contributed by atoms with Crippen molar-refractivity contribution in [2.24, 2.45) is 5.92 Å². The van der Waals surface area contributed by atoms with E-state index in [2.05, 4.69) is 17.5 Å². The number of hydrogen-bond acceptors (Lipinski definition) is 7. The van der Waals surface area contributed by atoms with Crippen LogP contribution in [0.4, 0.5) is 0 Å². The second-order valence-electron chi connectivity index (χ2n) is 5.88. The third-order valence-corrected chi connectivity index (χ3v) is 3.86. The molecule has 0 amide bonds. The van der Waals surface area contributed by atoms with Gasteiger partial charge in [0.1, 0.15) is 23.8 Å². The minimum atomic E-state index is -1.09. The molecule has 0 fully saturated rings. The highest BCUT2D eigenvalue weighted by atomic mass is 16.5. The summed E-state index contributed by atoms with van der Waals surface area (Å²) in [6, 6.07) is 8.06. The van der Waals surface area contributed by atoms with Gasteiger partial charge in [0.05, 0.1) is 22.9 Å². The average molecular weight is 370 g/mol. The Morgan fingerprint density at radius 2 is 2.00 bits per heavy atom. The molecule has 0 bridgehead atoms. The number of carbonyl (C=O) groups is 2. The van der Waals surface area contributed by atoms with Gasteiger partial charge in [-0.15, -0.1) is 0 Å². The lowest BCUT2D eigenvalue weighted by Crippen LogP contribution is -2.51. The Labute approximate surface area is 156 Å². The Morgan fingerprint density at radius 1 is 1.33 bits per heavy atom. The van der Waals surface area contributed by atoms with Crippen molar-refractivity contribution in [3.8, 4) is 11.8 Å². The van der Waals surface area contributed by atoms with Crippen LogP contribution in [0.15, 0.2) is 41.1 Å². The zero-order chi connectivity index (χ0) is 20.0. The van der Waals surface area contributed by atoms with E-state index in [0.717, 1.165) is 11.3 Å². The first-order valence-electron chi connectivity index (χ1n) is 8.08. The van der Waals surface area contributed by atoms with E-state index in [1.165, 1.54) is 12.1 Å². The minimum absolute atomic E-state index is 0.165. The molecule has 0 unspecified atom stereocenters. The predicted octanol–water partition coefficient (Wildman–Crippen LogP) is 1.49. The maximum atomic E-state index is 12.0. The number of hydrogen-bond donors (Lipinski definition) is 1. The normalized spacial score (nSPS) is 11.3. The first-order chi connectivity index (χ1) is 12.8. The van der Waals surface area contributed by atoms with Crippen molar-refractivity contribution in [1.82, 2.24) is 5.16 Å². The summed E-state index contributed by atoms with van der Waals surface area (Å²) in [6.07, 6.45) is 0. The van der Waals surface area contributed by atoms with Gasteiger partial charge in [-0.2, -0.15) is 5.26 Å². The van der Waals surface area contributed by atoms with Gasteiger partial charge in [-0.25, -0.2) is 4.79 Å². The lowest BCUT2D eigenvalue weighted by atomic mass is 10.0. The Morgan fingerprint density at radius 3 is 2.52 bits per heavy atom. The van der Waals surface area contributed by atoms with Crippen LogP contribution in [-0.4, -0.2) is 23.5 Å². The number of allylic oxidation sites excluding steroid dienone is 1. The van der Waals surface area contributed by atoms with Gasteiger partial charge in [0.2, 0.25) is 0 Å². The molecule has 8 heteroatoms. The van der Waals surface area contributed by atoms with E-state index < -0.39 is 24.3 Å². The van der Waals surface area contributed by atoms with Crippen LogP contribution in [0.25, 0.3) is 0 Å². The number of aryl methyl sites for hydroxylation is 2. The van der Waals surface area contributed by atoms with Crippen molar-refractivity contribution < 1.29 is 29.3 Å². The fraction of sp³-hybridized carbons (Fsp3) is 0.263. The smallest absolute Gasteiger partial charge is 0.338 e. The number of aromatic nitrogens is 1. The number of ketones is 1. The zero-order valence-electron chi connectivity index (χ0n) is 15.2. The van der Waals surface area contributed by atoms with Crippen LogP contribution in [0, 0.1) is 31.1 Å². The Bertz CT molecular complexity index is 874. The molecular weight excluding hydrogens is 350 g/mol. The summed E-state index contributed by atoms with van der Waals surface area (Å²) in [7, 11) is 0. The molecule has 27 heavy (non-hydrogen) atoms. The third kappa shape index (κ3) is 5.03. The van der Waals surface area contributed by atoms with Crippen molar-refractivity contribution in [3.63, 3.8) is 0 Å². The van der Waals surface area contributed by atoms with Gasteiger partial charge in [0.15, 0.2) is 18.3 Å². The quantitative estimate of drug-likeness (QED) is 0.697. The lowest BCUT2D eigenvalue weighted by Gasteiger charge is -2.08. The number of nitriles is 1. The van der Waals surface area contributed by atoms with Crippen LogP contribution in [0.5, 0.6) is 5.75 Å².